The summed E-state index contributed by atoms with van der Waals surface area (Å²) in [5, 5.41) is 10.9. The molecule has 0 spiro atoms. The molecular weight excluding hydrogens is 475 g/mol. The van der Waals surface area contributed by atoms with Crippen LogP contribution in [0.1, 0.15) is 47.8 Å². The van der Waals surface area contributed by atoms with Crippen LogP contribution in [0, 0.1) is 17.4 Å². The maximum absolute atomic E-state index is 12.6. The van der Waals surface area contributed by atoms with Gasteiger partial charge in [-0.15, -0.1) is 0 Å². The Morgan fingerprint density at radius 2 is 1.43 bits per heavy atom. The van der Waals surface area contributed by atoms with Crippen molar-refractivity contribution in [2.45, 2.75) is 33.6 Å². The van der Waals surface area contributed by atoms with Crippen molar-refractivity contribution in [1.82, 2.24) is 20.4 Å². The van der Waals surface area contributed by atoms with Gasteiger partial charge in [-0.05, 0) is 68.0 Å². The highest BCUT2D eigenvalue weighted by atomic mass is 127. The fourth-order valence-corrected chi connectivity index (χ4v) is 4.17. The highest BCUT2D eigenvalue weighted by molar-refractivity contribution is 14.1. The second-order valence-electron chi connectivity index (χ2n) is 6.36. The standard InChI is InChI=1S/C19H23IN4O4/c1-5-27-13-8-11(7-12(20)17(13)28-6-2)16(14-9(3)21-23-18(14)25)15-10(4)22-24-19(15)26/h7-8,16H,5-6H2,1-4H3,(H2,21,23,25)(H2,22,24,26). The molecule has 0 saturated carbocycles. The Labute approximate surface area is 175 Å². The van der Waals surface area contributed by atoms with Crippen LogP contribution in [0.25, 0.3) is 0 Å². The van der Waals surface area contributed by atoms with Crippen molar-refractivity contribution in [1.29, 1.82) is 0 Å². The van der Waals surface area contributed by atoms with Crippen molar-refractivity contribution in [3.63, 3.8) is 0 Å². The Morgan fingerprint density at radius 1 is 0.893 bits per heavy atom. The van der Waals surface area contributed by atoms with E-state index in [9.17, 15) is 9.59 Å². The molecule has 0 aliphatic heterocycles. The van der Waals surface area contributed by atoms with Crippen molar-refractivity contribution < 1.29 is 9.47 Å². The lowest BCUT2D eigenvalue weighted by Gasteiger charge is -2.20. The Balaban J connectivity index is 2.31. The van der Waals surface area contributed by atoms with Gasteiger partial charge in [-0.25, -0.2) is 0 Å². The van der Waals surface area contributed by atoms with Crippen LogP contribution in [0.5, 0.6) is 11.5 Å². The first-order chi connectivity index (χ1) is 13.4. The molecule has 2 heterocycles. The number of halogens is 1. The number of rotatable bonds is 7. The van der Waals surface area contributed by atoms with Crippen LogP contribution < -0.4 is 20.6 Å². The summed E-state index contributed by atoms with van der Waals surface area (Å²) in [6, 6.07) is 3.77. The fraction of sp³-hybridized carbons (Fsp3) is 0.368. The quantitative estimate of drug-likeness (QED) is 0.375. The number of aryl methyl sites for hydroxylation is 2. The van der Waals surface area contributed by atoms with Crippen molar-refractivity contribution in [2.24, 2.45) is 0 Å². The summed E-state index contributed by atoms with van der Waals surface area (Å²) in [7, 11) is 0. The summed E-state index contributed by atoms with van der Waals surface area (Å²) in [5.41, 5.74) is 2.60. The third-order valence-corrected chi connectivity index (χ3v) is 5.36. The van der Waals surface area contributed by atoms with Gasteiger partial charge < -0.3 is 19.7 Å². The van der Waals surface area contributed by atoms with Gasteiger partial charge >= 0.3 is 0 Å². The maximum Gasteiger partial charge on any atom is 0.268 e. The molecule has 9 heteroatoms. The van der Waals surface area contributed by atoms with Gasteiger partial charge in [0, 0.05) is 17.3 Å². The van der Waals surface area contributed by atoms with Crippen molar-refractivity contribution in [2.75, 3.05) is 13.2 Å². The van der Waals surface area contributed by atoms with Gasteiger partial charge in [0.1, 0.15) is 0 Å². The average Bonchev–Trinajstić information content (AvgIpc) is 3.15. The molecule has 0 fully saturated rings. The van der Waals surface area contributed by atoms with E-state index >= 15 is 0 Å². The zero-order valence-corrected chi connectivity index (χ0v) is 18.3. The van der Waals surface area contributed by atoms with E-state index in [1.807, 2.05) is 26.0 Å². The molecule has 0 saturated heterocycles. The smallest absolute Gasteiger partial charge is 0.268 e. The monoisotopic (exact) mass is 498 g/mol. The van der Waals surface area contributed by atoms with Crippen LogP contribution in [-0.4, -0.2) is 33.6 Å². The molecule has 3 rings (SSSR count). The third-order valence-electron chi connectivity index (χ3n) is 4.56. The predicted octanol–water partition coefficient (Wildman–Crippen LogP) is 2.92. The molecule has 4 N–H and O–H groups in total. The molecule has 8 nitrogen and oxygen atoms in total. The summed E-state index contributed by atoms with van der Waals surface area (Å²) < 4.78 is 12.4. The molecule has 0 bridgehead atoms. The van der Waals surface area contributed by atoms with Crippen LogP contribution in [0.15, 0.2) is 21.7 Å². The number of hydrogen-bond acceptors (Lipinski definition) is 4. The summed E-state index contributed by atoms with van der Waals surface area (Å²) in [4.78, 5) is 25.1. The van der Waals surface area contributed by atoms with Crippen molar-refractivity contribution in [3.05, 3.63) is 64.5 Å². The topological polar surface area (TPSA) is 116 Å². The molecule has 28 heavy (non-hydrogen) atoms. The molecule has 1 aromatic carbocycles. The molecule has 0 atom stereocenters. The van der Waals surface area contributed by atoms with Crippen molar-refractivity contribution in [3.8, 4) is 11.5 Å². The molecule has 0 aliphatic carbocycles. The Hall–Kier alpha value is -2.43. The van der Waals surface area contributed by atoms with E-state index in [0.717, 1.165) is 9.13 Å². The van der Waals surface area contributed by atoms with Gasteiger partial charge in [-0.2, -0.15) is 0 Å². The first-order valence-electron chi connectivity index (χ1n) is 9.02. The lowest BCUT2D eigenvalue weighted by atomic mass is 9.85. The SMILES string of the molecule is CCOc1cc(C(c2c(C)[nH][nH]c2=O)c2c(C)[nH][nH]c2=O)cc(I)c1OCC. The molecule has 2 aromatic heterocycles. The molecular formula is C19H23IN4O4. The molecule has 0 amide bonds. The Morgan fingerprint density at radius 3 is 1.86 bits per heavy atom. The first-order valence-corrected chi connectivity index (χ1v) is 10.1. The normalized spacial score (nSPS) is 11.2. The largest absolute Gasteiger partial charge is 0.490 e. The Kier molecular flexibility index (Phi) is 6.01. The van der Waals surface area contributed by atoms with Crippen LogP contribution in [-0.2, 0) is 0 Å². The number of hydrogen-bond donors (Lipinski definition) is 4. The van der Waals surface area contributed by atoms with Gasteiger partial charge in [0.05, 0.1) is 27.9 Å². The van der Waals surface area contributed by atoms with Gasteiger partial charge in [0.25, 0.3) is 11.1 Å². The lowest BCUT2D eigenvalue weighted by Crippen LogP contribution is -2.20. The fourth-order valence-electron chi connectivity index (χ4n) is 3.39. The molecule has 150 valence electrons. The molecule has 0 unspecified atom stereocenters. The molecule has 3 aromatic rings. The van der Waals surface area contributed by atoms with Crippen LogP contribution >= 0.6 is 22.6 Å². The van der Waals surface area contributed by atoms with E-state index in [2.05, 4.69) is 43.0 Å². The highest BCUT2D eigenvalue weighted by Gasteiger charge is 2.29. The number of benzene rings is 1. The summed E-state index contributed by atoms with van der Waals surface area (Å²) in [6.45, 7) is 8.39. The van der Waals surface area contributed by atoms with E-state index in [1.54, 1.807) is 13.8 Å². The van der Waals surface area contributed by atoms with Gasteiger partial charge in [0.2, 0.25) is 0 Å². The number of nitrogens with one attached hydrogen (secondary N) is 4. The number of aromatic nitrogens is 4. The number of ether oxygens (including phenoxy) is 2. The first kappa shape index (κ1) is 20.3. The zero-order valence-electron chi connectivity index (χ0n) is 16.2. The summed E-state index contributed by atoms with van der Waals surface area (Å²) in [6.07, 6.45) is 0. The average molecular weight is 498 g/mol. The van der Waals surface area contributed by atoms with Crippen LogP contribution in [0.4, 0.5) is 0 Å². The minimum atomic E-state index is -0.562. The van der Waals surface area contributed by atoms with E-state index in [1.165, 1.54) is 0 Å². The molecule has 0 radical (unpaired) electrons. The van der Waals surface area contributed by atoms with E-state index in [0.29, 0.717) is 47.2 Å². The predicted molar refractivity (Wildman–Crippen MR) is 115 cm³/mol. The van der Waals surface area contributed by atoms with E-state index in [4.69, 9.17) is 9.47 Å². The van der Waals surface area contributed by atoms with Gasteiger partial charge in [-0.1, -0.05) is 0 Å². The zero-order chi connectivity index (χ0) is 20.4. The highest BCUT2D eigenvalue weighted by Crippen LogP contribution is 2.40. The van der Waals surface area contributed by atoms with E-state index < -0.39 is 5.92 Å². The lowest BCUT2D eigenvalue weighted by molar-refractivity contribution is 0.285. The second kappa shape index (κ2) is 8.29. The molecule has 0 aliphatic rings. The number of aromatic amines is 4. The third kappa shape index (κ3) is 3.62. The van der Waals surface area contributed by atoms with E-state index in [-0.39, 0.29) is 11.1 Å². The summed E-state index contributed by atoms with van der Waals surface area (Å²) >= 11 is 2.19. The van der Waals surface area contributed by atoms with Crippen molar-refractivity contribution >= 4 is 22.6 Å². The second-order valence-corrected chi connectivity index (χ2v) is 7.53. The minimum Gasteiger partial charge on any atom is -0.490 e. The maximum atomic E-state index is 12.6. The Bertz CT molecular complexity index is 1040. The van der Waals surface area contributed by atoms with Gasteiger partial charge in [0.15, 0.2) is 11.5 Å². The van der Waals surface area contributed by atoms with Crippen LogP contribution in [0.3, 0.4) is 0 Å². The number of H-pyrrole nitrogens is 4. The summed E-state index contributed by atoms with van der Waals surface area (Å²) in [5.74, 6) is 0.686. The van der Waals surface area contributed by atoms with Gasteiger partial charge in [-0.3, -0.25) is 19.8 Å². The van der Waals surface area contributed by atoms with Crippen LogP contribution in [0.2, 0.25) is 0 Å². The minimum absolute atomic E-state index is 0.260.